The molecule has 1 atom stereocenters. The first kappa shape index (κ1) is 12.4. The quantitative estimate of drug-likeness (QED) is 0.719. The highest BCUT2D eigenvalue weighted by atomic mass is 32.2. The highest BCUT2D eigenvalue weighted by molar-refractivity contribution is 7.99. The van der Waals surface area contributed by atoms with Crippen LogP contribution in [0.1, 0.15) is 32.3 Å². The van der Waals surface area contributed by atoms with Crippen molar-refractivity contribution in [3.8, 4) is 0 Å². The lowest BCUT2D eigenvalue weighted by atomic mass is 9.98. The summed E-state index contributed by atoms with van der Waals surface area (Å²) in [5.41, 5.74) is 2.71. The average Bonchev–Trinajstić information content (AvgIpc) is 2.28. The van der Waals surface area contributed by atoms with Crippen molar-refractivity contribution in [1.82, 2.24) is 0 Å². The Morgan fingerprint density at radius 1 is 1.33 bits per heavy atom. The van der Waals surface area contributed by atoms with Crippen molar-refractivity contribution >= 4 is 17.6 Å². The Labute approximate surface area is 97.8 Å². The molecular weight excluding hydrogens is 202 g/mol. The number of aryl methyl sites for hydroxylation is 1. The molecule has 0 aliphatic rings. The molecule has 84 valence electrons. The van der Waals surface area contributed by atoms with Gasteiger partial charge in [0.2, 0.25) is 0 Å². The number of anilines is 1. The van der Waals surface area contributed by atoms with E-state index in [4.69, 9.17) is 0 Å². The van der Waals surface area contributed by atoms with Crippen LogP contribution in [-0.4, -0.2) is 6.26 Å². The first-order valence-corrected chi connectivity index (χ1v) is 6.87. The molecule has 15 heavy (non-hydrogen) atoms. The van der Waals surface area contributed by atoms with Crippen molar-refractivity contribution in [3.63, 3.8) is 0 Å². The van der Waals surface area contributed by atoms with Crippen LogP contribution in [0.4, 0.5) is 5.69 Å². The fourth-order valence-corrected chi connectivity index (χ4v) is 1.97. The molecule has 1 nitrogen and oxygen atoms in total. The third-order valence-corrected chi connectivity index (χ3v) is 3.26. The van der Waals surface area contributed by atoms with Crippen LogP contribution in [0.25, 0.3) is 0 Å². The van der Waals surface area contributed by atoms with Crippen molar-refractivity contribution in [1.29, 1.82) is 0 Å². The zero-order chi connectivity index (χ0) is 11.1. The molecule has 1 unspecified atom stereocenters. The van der Waals surface area contributed by atoms with Gasteiger partial charge in [-0.15, -0.1) is 0 Å². The highest BCUT2D eigenvalue weighted by Gasteiger charge is 2.03. The molecule has 0 aliphatic heterocycles. The maximum Gasteiger partial charge on any atom is 0.0472 e. The summed E-state index contributed by atoms with van der Waals surface area (Å²) in [6.07, 6.45) is 5.80. The Bertz CT molecular complexity index is 286. The van der Waals surface area contributed by atoms with Crippen molar-refractivity contribution in [2.75, 3.05) is 11.0 Å². The Hall–Kier alpha value is -0.630. The molecule has 0 saturated carbocycles. The Morgan fingerprint density at radius 2 is 2.07 bits per heavy atom. The number of para-hydroxylation sites is 1. The summed E-state index contributed by atoms with van der Waals surface area (Å²) in [6, 6.07) is 8.59. The second-order valence-corrected chi connectivity index (χ2v) is 4.63. The van der Waals surface area contributed by atoms with Crippen LogP contribution >= 0.6 is 11.9 Å². The van der Waals surface area contributed by atoms with E-state index >= 15 is 0 Å². The molecular formula is C13H21NS. The van der Waals surface area contributed by atoms with Crippen molar-refractivity contribution in [3.05, 3.63) is 29.8 Å². The molecule has 0 aromatic heterocycles. The fraction of sp³-hybridized carbons (Fsp3) is 0.538. The van der Waals surface area contributed by atoms with Gasteiger partial charge in [0.15, 0.2) is 0 Å². The van der Waals surface area contributed by atoms with E-state index in [1.165, 1.54) is 30.5 Å². The smallest absolute Gasteiger partial charge is 0.0472 e. The van der Waals surface area contributed by atoms with Crippen LogP contribution in [0.5, 0.6) is 0 Å². The minimum Gasteiger partial charge on any atom is -0.330 e. The average molecular weight is 223 g/mol. The second-order valence-electron chi connectivity index (χ2n) is 4.02. The van der Waals surface area contributed by atoms with E-state index in [2.05, 4.69) is 49.1 Å². The van der Waals surface area contributed by atoms with E-state index < -0.39 is 0 Å². The number of benzene rings is 1. The summed E-state index contributed by atoms with van der Waals surface area (Å²) in [6.45, 7) is 4.58. The predicted octanol–water partition coefficient (Wildman–Crippen LogP) is 4.36. The van der Waals surface area contributed by atoms with Crippen LogP contribution in [0.15, 0.2) is 24.3 Å². The van der Waals surface area contributed by atoms with Crippen LogP contribution in [0.3, 0.4) is 0 Å². The molecule has 2 heteroatoms. The second kappa shape index (κ2) is 6.78. The minimum absolute atomic E-state index is 0.826. The molecule has 0 amide bonds. The van der Waals surface area contributed by atoms with Gasteiger partial charge >= 0.3 is 0 Å². The van der Waals surface area contributed by atoms with Crippen molar-refractivity contribution in [2.24, 2.45) is 5.92 Å². The van der Waals surface area contributed by atoms with Gasteiger partial charge < -0.3 is 4.72 Å². The van der Waals surface area contributed by atoms with Crippen LogP contribution < -0.4 is 4.72 Å². The third kappa shape index (κ3) is 4.17. The summed E-state index contributed by atoms with van der Waals surface area (Å²) in [4.78, 5) is 0. The van der Waals surface area contributed by atoms with Gasteiger partial charge in [-0.25, -0.2) is 0 Å². The molecule has 0 heterocycles. The van der Waals surface area contributed by atoms with E-state index in [9.17, 15) is 0 Å². The molecule has 1 N–H and O–H groups in total. The summed E-state index contributed by atoms with van der Waals surface area (Å²) in [5.74, 6) is 0.826. The lowest BCUT2D eigenvalue weighted by Gasteiger charge is -2.12. The standard InChI is InChI=1S/C13H21NS/c1-4-11(2)9-10-12-7-5-6-8-13(12)14-15-3/h5-8,11,14H,4,9-10H2,1-3H3. The van der Waals surface area contributed by atoms with Gasteiger partial charge in [0, 0.05) is 11.9 Å². The molecule has 1 aromatic carbocycles. The normalized spacial score (nSPS) is 12.5. The SMILES string of the molecule is CCC(C)CCc1ccccc1NSC. The number of nitrogens with one attached hydrogen (secondary N) is 1. The van der Waals surface area contributed by atoms with E-state index in [1.54, 1.807) is 11.9 Å². The number of hydrogen-bond donors (Lipinski definition) is 1. The van der Waals surface area contributed by atoms with Gasteiger partial charge in [-0.3, -0.25) is 0 Å². The molecule has 0 aliphatic carbocycles. The molecule has 1 rings (SSSR count). The Balaban J connectivity index is 2.58. The van der Waals surface area contributed by atoms with Crippen LogP contribution in [-0.2, 0) is 6.42 Å². The summed E-state index contributed by atoms with van der Waals surface area (Å²) >= 11 is 1.66. The zero-order valence-electron chi connectivity index (χ0n) is 9.92. The topological polar surface area (TPSA) is 12.0 Å². The van der Waals surface area contributed by atoms with Crippen molar-refractivity contribution in [2.45, 2.75) is 33.1 Å². The first-order chi connectivity index (χ1) is 7.27. The van der Waals surface area contributed by atoms with Gasteiger partial charge in [-0.2, -0.15) is 0 Å². The molecule has 0 saturated heterocycles. The number of rotatable bonds is 6. The predicted molar refractivity (Wildman–Crippen MR) is 71.4 cm³/mol. The minimum atomic E-state index is 0.826. The summed E-state index contributed by atoms with van der Waals surface area (Å²) in [5, 5.41) is 0. The Morgan fingerprint density at radius 3 is 2.73 bits per heavy atom. The maximum absolute atomic E-state index is 3.33. The maximum atomic E-state index is 3.33. The van der Waals surface area contributed by atoms with Crippen LogP contribution in [0.2, 0.25) is 0 Å². The summed E-state index contributed by atoms with van der Waals surface area (Å²) in [7, 11) is 0. The first-order valence-electron chi connectivity index (χ1n) is 5.64. The lowest BCUT2D eigenvalue weighted by Crippen LogP contribution is -1.98. The van der Waals surface area contributed by atoms with E-state index in [0.29, 0.717) is 0 Å². The largest absolute Gasteiger partial charge is 0.330 e. The summed E-state index contributed by atoms with van der Waals surface area (Å²) < 4.78 is 3.33. The molecule has 1 aromatic rings. The molecule has 0 spiro atoms. The number of hydrogen-bond acceptors (Lipinski definition) is 2. The van der Waals surface area contributed by atoms with E-state index in [0.717, 1.165) is 5.92 Å². The monoisotopic (exact) mass is 223 g/mol. The Kier molecular flexibility index (Phi) is 5.62. The zero-order valence-corrected chi connectivity index (χ0v) is 10.7. The third-order valence-electron chi connectivity index (χ3n) is 2.83. The molecule has 0 radical (unpaired) electrons. The van der Waals surface area contributed by atoms with Gasteiger partial charge in [0.1, 0.15) is 0 Å². The van der Waals surface area contributed by atoms with Crippen LogP contribution in [0, 0.1) is 5.92 Å². The van der Waals surface area contributed by atoms with Gasteiger partial charge in [-0.1, -0.05) is 50.4 Å². The molecule has 0 bridgehead atoms. The lowest BCUT2D eigenvalue weighted by molar-refractivity contribution is 0.517. The van der Waals surface area contributed by atoms with Crippen molar-refractivity contribution < 1.29 is 0 Å². The van der Waals surface area contributed by atoms with Gasteiger partial charge in [-0.05, 0) is 30.4 Å². The van der Waals surface area contributed by atoms with E-state index in [-0.39, 0.29) is 0 Å². The fourth-order valence-electron chi connectivity index (χ4n) is 1.55. The van der Waals surface area contributed by atoms with E-state index in [1.807, 2.05) is 0 Å². The highest BCUT2D eigenvalue weighted by Crippen LogP contribution is 2.21. The van der Waals surface area contributed by atoms with Gasteiger partial charge in [0.25, 0.3) is 0 Å². The van der Waals surface area contributed by atoms with Gasteiger partial charge in [0.05, 0.1) is 0 Å². The molecule has 0 fully saturated rings.